The van der Waals surface area contributed by atoms with Crippen LogP contribution >= 0.6 is 0 Å². The van der Waals surface area contributed by atoms with E-state index in [-0.39, 0.29) is 10.8 Å². The maximum Gasteiger partial charge on any atom is 0.251 e. The Bertz CT molecular complexity index is 635. The predicted octanol–water partition coefficient (Wildman–Crippen LogP) is 1.52. The Kier molecular flexibility index (Phi) is 5.58. The molecule has 1 fully saturated rings. The fourth-order valence-electron chi connectivity index (χ4n) is 2.73. The average molecular weight is 324 g/mol. The molecule has 0 radical (unpaired) electrons. The lowest BCUT2D eigenvalue weighted by atomic mass is 9.96. The maximum absolute atomic E-state index is 12.3. The van der Waals surface area contributed by atoms with Gasteiger partial charge < -0.3 is 10.6 Å². The van der Waals surface area contributed by atoms with Crippen molar-refractivity contribution in [3.05, 3.63) is 29.3 Å². The van der Waals surface area contributed by atoms with Gasteiger partial charge in [-0.15, -0.1) is 0 Å². The molecule has 1 amide bonds. The topological polar surface area (TPSA) is 75.3 Å². The van der Waals surface area contributed by atoms with Crippen molar-refractivity contribution in [2.45, 2.75) is 31.1 Å². The third kappa shape index (κ3) is 4.55. The Balaban J connectivity index is 1.97. The van der Waals surface area contributed by atoms with E-state index in [9.17, 15) is 13.2 Å². The summed E-state index contributed by atoms with van der Waals surface area (Å²) in [6.45, 7) is 4.53. The van der Waals surface area contributed by atoms with Crippen LogP contribution in [0.2, 0.25) is 0 Å². The molecular formula is C16H24N2O3S. The summed E-state index contributed by atoms with van der Waals surface area (Å²) < 4.78 is 23.2. The molecule has 1 aliphatic rings. The van der Waals surface area contributed by atoms with Crippen molar-refractivity contribution in [3.63, 3.8) is 0 Å². The van der Waals surface area contributed by atoms with Gasteiger partial charge in [-0.2, -0.15) is 0 Å². The van der Waals surface area contributed by atoms with Crippen LogP contribution in [0.4, 0.5) is 0 Å². The molecule has 0 bridgehead atoms. The minimum Gasteiger partial charge on any atom is -0.352 e. The first-order valence-corrected chi connectivity index (χ1v) is 9.56. The largest absolute Gasteiger partial charge is 0.352 e. The number of benzene rings is 1. The summed E-state index contributed by atoms with van der Waals surface area (Å²) in [5, 5.41) is 6.26. The summed E-state index contributed by atoms with van der Waals surface area (Å²) in [4.78, 5) is 12.4. The summed E-state index contributed by atoms with van der Waals surface area (Å²) in [5.41, 5.74) is 1.22. The molecular weight excluding hydrogens is 300 g/mol. The molecule has 0 aromatic heterocycles. The molecule has 2 rings (SSSR count). The number of rotatable bonds is 5. The van der Waals surface area contributed by atoms with E-state index in [4.69, 9.17) is 0 Å². The fourth-order valence-corrected chi connectivity index (χ4v) is 3.38. The van der Waals surface area contributed by atoms with E-state index in [0.29, 0.717) is 18.0 Å². The lowest BCUT2D eigenvalue weighted by Gasteiger charge is -2.22. The van der Waals surface area contributed by atoms with Gasteiger partial charge in [0.1, 0.15) is 0 Å². The molecule has 6 heteroatoms. The fraction of sp³-hybridized carbons (Fsp3) is 0.562. The number of hydrogen-bond acceptors (Lipinski definition) is 4. The number of amides is 1. The number of nitrogens with one attached hydrogen (secondary N) is 2. The SMILES string of the molecule is Cc1ccc(S(C)(=O)=O)cc1C(=O)NCCC1CCCNC1. The van der Waals surface area contributed by atoms with Gasteiger partial charge in [0.15, 0.2) is 9.84 Å². The Morgan fingerprint density at radius 2 is 2.18 bits per heavy atom. The summed E-state index contributed by atoms with van der Waals surface area (Å²) in [6.07, 6.45) is 4.48. The monoisotopic (exact) mass is 324 g/mol. The van der Waals surface area contributed by atoms with Crippen LogP contribution in [-0.4, -0.2) is 40.2 Å². The molecule has 1 saturated heterocycles. The van der Waals surface area contributed by atoms with E-state index in [1.807, 2.05) is 6.92 Å². The van der Waals surface area contributed by atoms with Gasteiger partial charge in [0, 0.05) is 18.4 Å². The Labute approximate surface area is 132 Å². The molecule has 1 atom stereocenters. The second-order valence-electron chi connectivity index (χ2n) is 6.01. The lowest BCUT2D eigenvalue weighted by Crippen LogP contribution is -2.33. The highest BCUT2D eigenvalue weighted by atomic mass is 32.2. The van der Waals surface area contributed by atoms with Gasteiger partial charge in [0.2, 0.25) is 0 Å². The lowest BCUT2D eigenvalue weighted by molar-refractivity contribution is 0.0950. The second-order valence-corrected chi connectivity index (χ2v) is 8.02. The van der Waals surface area contributed by atoms with Gasteiger partial charge in [-0.05, 0) is 62.9 Å². The number of hydrogen-bond donors (Lipinski definition) is 2. The van der Waals surface area contributed by atoms with Crippen molar-refractivity contribution in [2.24, 2.45) is 5.92 Å². The van der Waals surface area contributed by atoms with Crippen molar-refractivity contribution in [1.82, 2.24) is 10.6 Å². The van der Waals surface area contributed by atoms with Crippen molar-refractivity contribution in [2.75, 3.05) is 25.9 Å². The molecule has 1 aliphatic heterocycles. The van der Waals surface area contributed by atoms with Gasteiger partial charge in [-0.25, -0.2) is 8.42 Å². The van der Waals surface area contributed by atoms with Crippen LogP contribution in [-0.2, 0) is 9.84 Å². The van der Waals surface area contributed by atoms with Crippen molar-refractivity contribution in [3.8, 4) is 0 Å². The summed E-state index contributed by atoms with van der Waals surface area (Å²) in [6, 6.07) is 4.67. The van der Waals surface area contributed by atoms with Crippen LogP contribution in [0.3, 0.4) is 0 Å². The van der Waals surface area contributed by atoms with E-state index < -0.39 is 9.84 Å². The molecule has 22 heavy (non-hydrogen) atoms. The first-order valence-electron chi connectivity index (χ1n) is 7.67. The highest BCUT2D eigenvalue weighted by Gasteiger charge is 2.16. The first kappa shape index (κ1) is 17.0. The van der Waals surface area contributed by atoms with Crippen LogP contribution in [0.15, 0.2) is 23.1 Å². The van der Waals surface area contributed by atoms with E-state index >= 15 is 0 Å². The van der Waals surface area contributed by atoms with E-state index in [1.54, 1.807) is 6.07 Å². The zero-order chi connectivity index (χ0) is 16.2. The molecule has 122 valence electrons. The summed E-state index contributed by atoms with van der Waals surface area (Å²) >= 11 is 0. The molecule has 0 spiro atoms. The number of carbonyl (C=O) groups excluding carboxylic acids is 1. The Hall–Kier alpha value is -1.40. The van der Waals surface area contributed by atoms with Crippen LogP contribution in [0.25, 0.3) is 0 Å². The van der Waals surface area contributed by atoms with E-state index in [1.165, 1.54) is 25.0 Å². The molecule has 2 N–H and O–H groups in total. The molecule has 0 saturated carbocycles. The summed E-state index contributed by atoms with van der Waals surface area (Å²) in [7, 11) is -3.30. The third-order valence-electron chi connectivity index (χ3n) is 4.12. The first-order chi connectivity index (χ1) is 10.4. The zero-order valence-electron chi connectivity index (χ0n) is 13.2. The van der Waals surface area contributed by atoms with Crippen LogP contribution in [0.5, 0.6) is 0 Å². The van der Waals surface area contributed by atoms with Gasteiger partial charge >= 0.3 is 0 Å². The summed E-state index contributed by atoms with van der Waals surface area (Å²) in [5.74, 6) is 0.407. The third-order valence-corrected chi connectivity index (χ3v) is 5.23. The van der Waals surface area contributed by atoms with Crippen LogP contribution < -0.4 is 10.6 Å². The van der Waals surface area contributed by atoms with Gasteiger partial charge in [-0.3, -0.25) is 4.79 Å². The number of piperidine rings is 1. The molecule has 1 heterocycles. The minimum atomic E-state index is -3.30. The molecule has 1 aromatic carbocycles. The van der Waals surface area contributed by atoms with Crippen molar-refractivity contribution < 1.29 is 13.2 Å². The maximum atomic E-state index is 12.3. The standard InChI is InChI=1S/C16H24N2O3S/c1-12-5-6-14(22(2,20)21)10-15(12)16(19)18-9-7-13-4-3-8-17-11-13/h5-6,10,13,17H,3-4,7-9,11H2,1-2H3,(H,18,19). The Morgan fingerprint density at radius 1 is 1.41 bits per heavy atom. The number of carbonyl (C=O) groups is 1. The zero-order valence-corrected chi connectivity index (χ0v) is 14.0. The Morgan fingerprint density at radius 3 is 2.82 bits per heavy atom. The molecule has 1 aromatic rings. The van der Waals surface area contributed by atoms with Gasteiger partial charge in [0.05, 0.1) is 4.90 Å². The second kappa shape index (κ2) is 7.24. The smallest absolute Gasteiger partial charge is 0.251 e. The van der Waals surface area contributed by atoms with Gasteiger partial charge in [-0.1, -0.05) is 6.07 Å². The van der Waals surface area contributed by atoms with E-state index in [2.05, 4.69) is 10.6 Å². The van der Waals surface area contributed by atoms with Crippen LogP contribution in [0.1, 0.15) is 35.2 Å². The van der Waals surface area contributed by atoms with E-state index in [0.717, 1.165) is 31.3 Å². The van der Waals surface area contributed by atoms with Gasteiger partial charge in [0.25, 0.3) is 5.91 Å². The molecule has 5 nitrogen and oxygen atoms in total. The van der Waals surface area contributed by atoms with Crippen LogP contribution in [0, 0.1) is 12.8 Å². The molecule has 1 unspecified atom stereocenters. The normalized spacial score (nSPS) is 18.9. The predicted molar refractivity (Wildman–Crippen MR) is 86.8 cm³/mol. The number of aryl methyl sites for hydroxylation is 1. The highest BCUT2D eigenvalue weighted by Crippen LogP contribution is 2.16. The highest BCUT2D eigenvalue weighted by molar-refractivity contribution is 7.90. The van der Waals surface area contributed by atoms with Crippen molar-refractivity contribution >= 4 is 15.7 Å². The van der Waals surface area contributed by atoms with Crippen molar-refractivity contribution in [1.29, 1.82) is 0 Å². The molecule has 0 aliphatic carbocycles. The average Bonchev–Trinajstić information content (AvgIpc) is 2.47. The minimum absolute atomic E-state index is 0.180. The quantitative estimate of drug-likeness (QED) is 0.861. The number of sulfone groups is 1.